The zero-order valence-electron chi connectivity index (χ0n) is 18.0. The number of nitrogens with zero attached hydrogens (tertiary/aromatic N) is 1. The van der Waals surface area contributed by atoms with Gasteiger partial charge in [-0.25, -0.2) is 13.1 Å². The lowest BCUT2D eigenvalue weighted by Gasteiger charge is -2.59. The molecule has 2 N–H and O–H groups in total. The summed E-state index contributed by atoms with van der Waals surface area (Å²) in [4.78, 5) is 2.41. The highest BCUT2D eigenvalue weighted by Gasteiger charge is 2.53. The van der Waals surface area contributed by atoms with Crippen LogP contribution in [-0.2, 0) is 10.0 Å². The van der Waals surface area contributed by atoms with Gasteiger partial charge in [0.2, 0.25) is 10.0 Å². The van der Waals surface area contributed by atoms with Gasteiger partial charge in [0.05, 0.1) is 5.25 Å². The molecule has 0 amide bonds. The summed E-state index contributed by atoms with van der Waals surface area (Å²) in [6.07, 6.45) is 9.03. The van der Waals surface area contributed by atoms with Crippen LogP contribution in [0.15, 0.2) is 35.9 Å². The molecule has 164 valence electrons. The largest absolute Gasteiger partial charge is 0.311 e. The number of nitrogens with one attached hydrogen (secondary N) is 2. The van der Waals surface area contributed by atoms with Gasteiger partial charge in [-0.15, -0.1) is 0 Å². The fourth-order valence-corrected chi connectivity index (χ4v) is 6.96. The summed E-state index contributed by atoms with van der Waals surface area (Å²) in [7, 11) is -3.03. The van der Waals surface area contributed by atoms with Gasteiger partial charge in [-0.1, -0.05) is 48.9 Å². The molecule has 4 aliphatic rings. The summed E-state index contributed by atoms with van der Waals surface area (Å²) >= 11 is 0. The van der Waals surface area contributed by atoms with E-state index in [1.54, 1.807) is 5.57 Å². The number of rotatable bonds is 10. The number of hydrogen-bond donors (Lipinski definition) is 2. The second-order valence-corrected chi connectivity index (χ2v) is 12.1. The standard InChI is InChI=1S/C24H35N3O2S/c1-2-19(12-18-6-4-3-5-7-18)22-13-23(22)26-20-14-24(15-20)16-27(17-24)11-10-25-30(28,29)21-8-9-21/h3-7,12,20-23,25-26H,2,8-11,13-17H2,1H3/b19-12+/t22-,23+/m1/s1. The van der Waals surface area contributed by atoms with Gasteiger partial charge in [-0.05, 0) is 55.4 Å². The molecule has 4 fully saturated rings. The average Bonchev–Trinajstić information content (AvgIpc) is 3.57. The van der Waals surface area contributed by atoms with Crippen LogP contribution in [0.3, 0.4) is 0 Å². The van der Waals surface area contributed by atoms with Crippen molar-refractivity contribution in [1.82, 2.24) is 14.9 Å². The SMILES string of the molecule is CC/C(=C\c1ccccc1)[C@H]1C[C@@H]1NC1CC2(C1)CN(CCNS(=O)(=O)C1CC1)C2. The highest BCUT2D eigenvalue weighted by Crippen LogP contribution is 2.50. The Hall–Kier alpha value is -1.21. The fraction of sp³-hybridized carbons (Fsp3) is 0.667. The van der Waals surface area contributed by atoms with Crippen LogP contribution in [-0.4, -0.2) is 56.8 Å². The number of sulfonamides is 1. The second-order valence-electron chi connectivity index (χ2n) is 10.1. The molecular weight excluding hydrogens is 394 g/mol. The number of hydrogen-bond acceptors (Lipinski definition) is 4. The normalized spacial score (nSPS) is 28.9. The molecule has 0 aromatic heterocycles. The highest BCUT2D eigenvalue weighted by molar-refractivity contribution is 7.90. The van der Waals surface area contributed by atoms with Gasteiger partial charge < -0.3 is 10.2 Å². The molecule has 1 spiro atoms. The summed E-state index contributed by atoms with van der Waals surface area (Å²) in [5, 5.41) is 3.80. The van der Waals surface area contributed by atoms with Crippen molar-refractivity contribution < 1.29 is 8.42 Å². The lowest BCUT2D eigenvalue weighted by atomic mass is 9.60. The van der Waals surface area contributed by atoms with Gasteiger partial charge >= 0.3 is 0 Å². The predicted octanol–water partition coefficient (Wildman–Crippen LogP) is 3.00. The first-order valence-electron chi connectivity index (χ1n) is 11.7. The Bertz CT molecular complexity index is 880. The zero-order chi connectivity index (χ0) is 20.8. The van der Waals surface area contributed by atoms with Crippen molar-refractivity contribution in [2.45, 2.75) is 62.8 Å². The van der Waals surface area contributed by atoms with Crippen molar-refractivity contribution in [2.24, 2.45) is 11.3 Å². The molecule has 3 saturated carbocycles. The third-order valence-electron chi connectivity index (χ3n) is 7.45. The molecule has 30 heavy (non-hydrogen) atoms. The molecule has 5 rings (SSSR count). The van der Waals surface area contributed by atoms with E-state index in [1.165, 1.54) is 24.8 Å². The zero-order valence-corrected chi connectivity index (χ0v) is 18.8. The van der Waals surface area contributed by atoms with E-state index >= 15 is 0 Å². The molecule has 1 aliphatic heterocycles. The molecule has 0 unspecified atom stereocenters. The van der Waals surface area contributed by atoms with Crippen LogP contribution in [0.5, 0.6) is 0 Å². The lowest BCUT2D eigenvalue weighted by molar-refractivity contribution is -0.0775. The molecule has 1 saturated heterocycles. The van der Waals surface area contributed by atoms with Crippen LogP contribution < -0.4 is 10.0 Å². The summed E-state index contributed by atoms with van der Waals surface area (Å²) in [6.45, 7) is 5.96. The summed E-state index contributed by atoms with van der Waals surface area (Å²) in [6, 6.07) is 12.0. The highest BCUT2D eigenvalue weighted by atomic mass is 32.2. The maximum absolute atomic E-state index is 11.9. The van der Waals surface area contributed by atoms with Crippen LogP contribution in [0.1, 0.15) is 51.0 Å². The minimum absolute atomic E-state index is 0.110. The van der Waals surface area contributed by atoms with Crippen molar-refractivity contribution in [2.75, 3.05) is 26.2 Å². The summed E-state index contributed by atoms with van der Waals surface area (Å²) in [5.74, 6) is 0.712. The first kappa shape index (κ1) is 20.7. The van der Waals surface area contributed by atoms with Gasteiger partial charge in [0.1, 0.15) is 0 Å². The molecule has 3 aliphatic carbocycles. The molecule has 5 nitrogen and oxygen atoms in total. The van der Waals surface area contributed by atoms with Crippen molar-refractivity contribution in [3.63, 3.8) is 0 Å². The van der Waals surface area contributed by atoms with E-state index < -0.39 is 10.0 Å². The summed E-state index contributed by atoms with van der Waals surface area (Å²) < 4.78 is 26.5. The van der Waals surface area contributed by atoms with Gasteiger partial charge in [0, 0.05) is 38.3 Å². The van der Waals surface area contributed by atoms with Crippen LogP contribution in [0.4, 0.5) is 0 Å². The Kier molecular flexibility index (Phi) is 5.55. The van der Waals surface area contributed by atoms with Crippen molar-refractivity contribution in [3.05, 3.63) is 41.5 Å². The van der Waals surface area contributed by atoms with Crippen molar-refractivity contribution in [1.29, 1.82) is 0 Å². The number of benzene rings is 1. The van der Waals surface area contributed by atoms with Gasteiger partial charge in [0.25, 0.3) is 0 Å². The molecule has 2 atom stereocenters. The lowest BCUT2D eigenvalue weighted by Crippen LogP contribution is -2.66. The van der Waals surface area contributed by atoms with E-state index in [-0.39, 0.29) is 5.25 Å². The van der Waals surface area contributed by atoms with Gasteiger partial charge in [0.15, 0.2) is 0 Å². The Morgan fingerprint density at radius 3 is 2.60 bits per heavy atom. The van der Waals surface area contributed by atoms with Crippen LogP contribution in [0.25, 0.3) is 6.08 Å². The first-order chi connectivity index (χ1) is 14.5. The predicted molar refractivity (Wildman–Crippen MR) is 122 cm³/mol. The second kappa shape index (κ2) is 8.05. The van der Waals surface area contributed by atoms with Crippen molar-refractivity contribution in [3.8, 4) is 0 Å². The Labute approximate surface area is 181 Å². The summed E-state index contributed by atoms with van der Waals surface area (Å²) in [5.41, 5.74) is 3.40. The molecule has 1 aromatic carbocycles. The number of likely N-dealkylation sites (tertiary alicyclic amines) is 1. The van der Waals surface area contributed by atoms with E-state index in [9.17, 15) is 8.42 Å². The van der Waals surface area contributed by atoms with Gasteiger partial charge in [-0.3, -0.25) is 0 Å². The monoisotopic (exact) mass is 429 g/mol. The van der Waals surface area contributed by atoms with E-state index in [0.29, 0.717) is 30.0 Å². The quantitative estimate of drug-likeness (QED) is 0.600. The van der Waals surface area contributed by atoms with E-state index in [1.807, 2.05) is 0 Å². The Morgan fingerprint density at radius 1 is 1.20 bits per heavy atom. The topological polar surface area (TPSA) is 61.4 Å². The Balaban J connectivity index is 1.00. The maximum atomic E-state index is 11.9. The smallest absolute Gasteiger partial charge is 0.214 e. The van der Waals surface area contributed by atoms with Crippen LogP contribution in [0, 0.1) is 11.3 Å². The molecule has 0 radical (unpaired) electrons. The first-order valence-corrected chi connectivity index (χ1v) is 13.2. The third kappa shape index (κ3) is 4.52. The minimum Gasteiger partial charge on any atom is -0.311 e. The van der Waals surface area contributed by atoms with Crippen LogP contribution in [0.2, 0.25) is 0 Å². The minimum atomic E-state index is -3.03. The van der Waals surface area contributed by atoms with Crippen molar-refractivity contribution >= 4 is 16.1 Å². The van der Waals surface area contributed by atoms with E-state index in [4.69, 9.17) is 0 Å². The molecule has 1 heterocycles. The molecule has 0 bridgehead atoms. The maximum Gasteiger partial charge on any atom is 0.214 e. The van der Waals surface area contributed by atoms with Gasteiger partial charge in [-0.2, -0.15) is 0 Å². The molecule has 6 heteroatoms. The van der Waals surface area contributed by atoms with E-state index in [0.717, 1.165) is 38.9 Å². The van der Waals surface area contributed by atoms with E-state index in [2.05, 4.69) is 58.3 Å². The Morgan fingerprint density at radius 2 is 1.93 bits per heavy atom. The molecular formula is C24H35N3O2S. The third-order valence-corrected chi connectivity index (χ3v) is 9.40. The van der Waals surface area contributed by atoms with Crippen LogP contribution >= 0.6 is 0 Å². The molecule has 1 aromatic rings. The fourth-order valence-electron chi connectivity index (χ4n) is 5.59. The average molecular weight is 430 g/mol.